The molecular formula is C22H22FN3O4S. The van der Waals surface area contributed by atoms with E-state index in [0.717, 1.165) is 37.0 Å². The van der Waals surface area contributed by atoms with E-state index in [0.29, 0.717) is 12.1 Å². The Bertz CT molecular complexity index is 1250. The lowest BCUT2D eigenvalue weighted by Gasteiger charge is -2.33. The van der Waals surface area contributed by atoms with E-state index in [1.807, 2.05) is 0 Å². The molecule has 0 amide bonds. The summed E-state index contributed by atoms with van der Waals surface area (Å²) in [5.74, 6) is -0.299. The minimum Gasteiger partial charge on any atom is -0.356 e. The number of piperidine rings is 1. The minimum absolute atomic E-state index is 0.0966. The summed E-state index contributed by atoms with van der Waals surface area (Å²) in [6.45, 7) is 2.31. The Balaban J connectivity index is 1.22. The monoisotopic (exact) mass is 443 g/mol. The van der Waals surface area contributed by atoms with Crippen LogP contribution in [-0.2, 0) is 10.0 Å². The van der Waals surface area contributed by atoms with E-state index in [9.17, 15) is 17.6 Å². The highest BCUT2D eigenvalue weighted by molar-refractivity contribution is 7.89. The van der Waals surface area contributed by atoms with Crippen molar-refractivity contribution in [2.75, 3.05) is 32.7 Å². The van der Waals surface area contributed by atoms with E-state index in [2.05, 4.69) is 10.1 Å². The summed E-state index contributed by atoms with van der Waals surface area (Å²) in [6, 6.07) is 10.9. The van der Waals surface area contributed by atoms with Gasteiger partial charge in [0.15, 0.2) is 11.4 Å². The summed E-state index contributed by atoms with van der Waals surface area (Å²) >= 11 is 0. The van der Waals surface area contributed by atoms with E-state index in [4.69, 9.17) is 4.52 Å². The molecule has 2 aliphatic heterocycles. The zero-order chi connectivity index (χ0) is 21.6. The van der Waals surface area contributed by atoms with Gasteiger partial charge in [-0.1, -0.05) is 17.3 Å². The van der Waals surface area contributed by atoms with Gasteiger partial charge in [0.25, 0.3) is 0 Å². The van der Waals surface area contributed by atoms with Crippen LogP contribution in [0.1, 0.15) is 34.8 Å². The number of nitrogens with zero attached hydrogens (tertiary/aromatic N) is 3. The van der Waals surface area contributed by atoms with Crippen molar-refractivity contribution in [2.24, 2.45) is 0 Å². The molecule has 0 spiro atoms. The molecule has 1 aromatic heterocycles. The van der Waals surface area contributed by atoms with Crippen molar-refractivity contribution in [1.29, 1.82) is 0 Å². The molecule has 2 aliphatic rings. The van der Waals surface area contributed by atoms with E-state index in [1.54, 1.807) is 24.3 Å². The molecule has 0 unspecified atom stereocenters. The highest BCUT2D eigenvalue weighted by Crippen LogP contribution is 2.33. The zero-order valence-electron chi connectivity index (χ0n) is 16.8. The van der Waals surface area contributed by atoms with Crippen molar-refractivity contribution in [3.8, 4) is 0 Å². The van der Waals surface area contributed by atoms with Crippen LogP contribution in [0.2, 0.25) is 0 Å². The zero-order valence-corrected chi connectivity index (χ0v) is 17.6. The molecule has 3 aromatic rings. The first-order valence-electron chi connectivity index (χ1n) is 10.3. The fourth-order valence-electron chi connectivity index (χ4n) is 4.50. The summed E-state index contributed by atoms with van der Waals surface area (Å²) in [6.07, 6.45) is 1.71. The SMILES string of the molecule is O=C1CN(CCN2CCC(c3noc4cc(F)ccc34)CC2)S(=O)(=O)c2ccccc21. The van der Waals surface area contributed by atoms with Gasteiger partial charge in [-0.05, 0) is 50.2 Å². The van der Waals surface area contributed by atoms with Crippen molar-refractivity contribution in [3.63, 3.8) is 0 Å². The van der Waals surface area contributed by atoms with Crippen molar-refractivity contribution in [1.82, 2.24) is 14.4 Å². The largest absolute Gasteiger partial charge is 0.356 e. The summed E-state index contributed by atoms with van der Waals surface area (Å²) in [5, 5.41) is 5.01. The van der Waals surface area contributed by atoms with Gasteiger partial charge in [0, 0.05) is 36.0 Å². The highest BCUT2D eigenvalue weighted by Gasteiger charge is 2.36. The first-order valence-corrected chi connectivity index (χ1v) is 11.8. The minimum atomic E-state index is -3.66. The number of ketones is 1. The number of carbonyl (C=O) groups is 1. The molecule has 0 radical (unpaired) electrons. The average Bonchev–Trinajstić information content (AvgIpc) is 3.19. The number of Topliss-reactive ketones (excluding diaryl/α,β-unsaturated/α-hetero) is 1. The second-order valence-corrected chi connectivity index (χ2v) is 9.99. The number of sulfonamides is 1. The van der Waals surface area contributed by atoms with E-state index >= 15 is 0 Å². The number of hydrogen-bond donors (Lipinski definition) is 0. The Labute approximate surface area is 179 Å². The van der Waals surface area contributed by atoms with Crippen LogP contribution in [0, 0.1) is 5.82 Å². The molecular weight excluding hydrogens is 421 g/mol. The molecule has 3 heterocycles. The normalized spacial score (nSPS) is 20.2. The number of benzene rings is 2. The molecule has 0 atom stereocenters. The molecule has 0 N–H and O–H groups in total. The molecule has 1 saturated heterocycles. The Morgan fingerprint density at radius 3 is 2.68 bits per heavy atom. The fourth-order valence-corrected chi connectivity index (χ4v) is 6.10. The number of halogens is 1. The first-order chi connectivity index (χ1) is 14.9. The molecule has 9 heteroatoms. The standard InChI is InChI=1S/C22H22FN3O4S/c23-16-5-6-18-20(13-16)30-24-22(18)15-7-9-25(10-8-15)11-12-26-14-19(27)17-3-1-2-4-21(17)31(26,28)29/h1-6,13,15H,7-12,14H2. The van der Waals surface area contributed by atoms with Crippen LogP contribution in [0.4, 0.5) is 4.39 Å². The Morgan fingerprint density at radius 1 is 1.10 bits per heavy atom. The lowest BCUT2D eigenvalue weighted by atomic mass is 9.91. The van der Waals surface area contributed by atoms with Gasteiger partial charge < -0.3 is 9.42 Å². The van der Waals surface area contributed by atoms with E-state index in [1.165, 1.54) is 22.5 Å². The molecule has 0 bridgehead atoms. The lowest BCUT2D eigenvalue weighted by Crippen LogP contribution is -2.45. The van der Waals surface area contributed by atoms with Crippen molar-refractivity contribution in [2.45, 2.75) is 23.7 Å². The van der Waals surface area contributed by atoms with Gasteiger partial charge in [0.2, 0.25) is 10.0 Å². The molecule has 0 aliphatic carbocycles. The van der Waals surface area contributed by atoms with Crippen LogP contribution in [-0.4, -0.2) is 61.3 Å². The second kappa shape index (κ2) is 7.81. The van der Waals surface area contributed by atoms with Gasteiger partial charge in [0.1, 0.15) is 5.82 Å². The van der Waals surface area contributed by atoms with Crippen LogP contribution in [0.25, 0.3) is 11.0 Å². The van der Waals surface area contributed by atoms with Gasteiger partial charge in [-0.3, -0.25) is 4.79 Å². The summed E-state index contributed by atoms with van der Waals surface area (Å²) < 4.78 is 45.7. The maximum Gasteiger partial charge on any atom is 0.244 e. The van der Waals surface area contributed by atoms with Gasteiger partial charge in [-0.15, -0.1) is 0 Å². The molecule has 7 nitrogen and oxygen atoms in total. The number of likely N-dealkylation sites (tertiary alicyclic amines) is 1. The molecule has 5 rings (SSSR count). The van der Waals surface area contributed by atoms with Gasteiger partial charge in [0.05, 0.1) is 17.1 Å². The third-order valence-electron chi connectivity index (χ3n) is 6.23. The third kappa shape index (κ3) is 3.66. The number of hydrogen-bond acceptors (Lipinski definition) is 6. The molecule has 1 fully saturated rings. The molecule has 162 valence electrons. The topological polar surface area (TPSA) is 83.7 Å². The lowest BCUT2D eigenvalue weighted by molar-refractivity contribution is 0.0949. The van der Waals surface area contributed by atoms with Crippen molar-refractivity contribution >= 4 is 26.8 Å². The summed E-state index contributed by atoms with van der Waals surface area (Å²) in [7, 11) is -3.66. The third-order valence-corrected chi connectivity index (χ3v) is 8.13. The van der Waals surface area contributed by atoms with Crippen LogP contribution < -0.4 is 0 Å². The maximum absolute atomic E-state index is 13.4. The predicted molar refractivity (Wildman–Crippen MR) is 112 cm³/mol. The number of fused-ring (bicyclic) bond motifs is 2. The Morgan fingerprint density at radius 2 is 1.87 bits per heavy atom. The molecule has 2 aromatic carbocycles. The molecule has 31 heavy (non-hydrogen) atoms. The van der Waals surface area contributed by atoms with Crippen molar-refractivity contribution in [3.05, 3.63) is 59.5 Å². The smallest absolute Gasteiger partial charge is 0.244 e. The average molecular weight is 444 g/mol. The van der Waals surface area contributed by atoms with Gasteiger partial charge in [-0.25, -0.2) is 12.8 Å². The Kier molecular flexibility index (Phi) is 5.11. The highest BCUT2D eigenvalue weighted by atomic mass is 32.2. The number of aromatic nitrogens is 1. The first kappa shape index (κ1) is 20.3. The fraction of sp³-hybridized carbons (Fsp3) is 0.364. The van der Waals surface area contributed by atoms with Crippen LogP contribution in [0.15, 0.2) is 51.9 Å². The van der Waals surface area contributed by atoms with Crippen LogP contribution in [0.3, 0.4) is 0 Å². The quantitative estimate of drug-likeness (QED) is 0.616. The second-order valence-electron chi connectivity index (χ2n) is 8.08. The predicted octanol–water partition coefficient (Wildman–Crippen LogP) is 3.03. The van der Waals surface area contributed by atoms with E-state index < -0.39 is 10.0 Å². The Hall–Kier alpha value is -2.62. The summed E-state index contributed by atoms with van der Waals surface area (Å²) in [4.78, 5) is 14.7. The summed E-state index contributed by atoms with van der Waals surface area (Å²) in [5.41, 5.74) is 1.59. The van der Waals surface area contributed by atoms with Crippen molar-refractivity contribution < 1.29 is 22.1 Å². The van der Waals surface area contributed by atoms with E-state index in [-0.39, 0.29) is 41.1 Å². The van der Waals surface area contributed by atoms with Crippen LogP contribution in [0.5, 0.6) is 0 Å². The van der Waals surface area contributed by atoms with Crippen LogP contribution >= 0.6 is 0 Å². The molecule has 0 saturated carbocycles. The number of carbonyl (C=O) groups excluding carboxylic acids is 1. The van der Waals surface area contributed by atoms with Gasteiger partial charge >= 0.3 is 0 Å². The maximum atomic E-state index is 13.4. The number of rotatable bonds is 4. The van der Waals surface area contributed by atoms with Gasteiger partial charge in [-0.2, -0.15) is 4.31 Å².